The number of carbonyl (C=O) groups is 2. The molecule has 2 aromatic carbocycles. The summed E-state index contributed by atoms with van der Waals surface area (Å²) in [6, 6.07) is 9.23. The molecule has 174 valence electrons. The lowest BCUT2D eigenvalue weighted by atomic mass is 10.1. The van der Waals surface area contributed by atoms with Gasteiger partial charge in [0.1, 0.15) is 0 Å². The van der Waals surface area contributed by atoms with Crippen molar-refractivity contribution in [1.82, 2.24) is 4.98 Å². The number of aromatic nitrogens is 1. The van der Waals surface area contributed by atoms with E-state index in [4.69, 9.17) is 0 Å². The van der Waals surface area contributed by atoms with Crippen LogP contribution < -0.4 is 5.32 Å². The summed E-state index contributed by atoms with van der Waals surface area (Å²) in [5.74, 6) is -2.39. The number of pyridine rings is 1. The molecule has 0 saturated carbocycles. The van der Waals surface area contributed by atoms with Crippen LogP contribution in [0.5, 0.6) is 0 Å². The normalized spacial score (nSPS) is 12.0. The molecule has 1 amide bonds. The molecule has 0 saturated heterocycles. The van der Waals surface area contributed by atoms with Gasteiger partial charge in [-0.05, 0) is 47.8 Å². The lowest BCUT2D eigenvalue weighted by Gasteiger charge is -2.18. The predicted octanol–water partition coefficient (Wildman–Crippen LogP) is 6.50. The van der Waals surface area contributed by atoms with Crippen molar-refractivity contribution < 1.29 is 40.7 Å². The maximum absolute atomic E-state index is 13.2. The van der Waals surface area contributed by atoms with Crippen molar-refractivity contribution in [3.63, 3.8) is 0 Å². The number of fused-ring (bicyclic) bond motifs is 1. The molecule has 0 bridgehead atoms. The first kappa shape index (κ1) is 24.7. The van der Waals surface area contributed by atoms with Gasteiger partial charge in [0.25, 0.3) is 5.91 Å². The molecule has 0 unspecified atom stereocenters. The van der Waals surface area contributed by atoms with Crippen molar-refractivity contribution in [2.24, 2.45) is 0 Å². The first-order valence-electron chi connectivity index (χ1n) is 8.81. The van der Waals surface area contributed by atoms with E-state index in [0.717, 1.165) is 7.11 Å². The third-order valence-corrected chi connectivity index (χ3v) is 5.59. The van der Waals surface area contributed by atoms with Gasteiger partial charge in [-0.2, -0.15) is 26.3 Å². The third kappa shape index (κ3) is 6.32. The summed E-state index contributed by atoms with van der Waals surface area (Å²) in [6.45, 7) is 0. The second-order valence-corrected chi connectivity index (χ2v) is 8.48. The number of benzene rings is 2. The molecular weight excluding hydrogens is 494 g/mol. The summed E-state index contributed by atoms with van der Waals surface area (Å²) in [4.78, 5) is 27.2. The number of alkyl halides is 6. The minimum absolute atomic E-state index is 0.0843. The van der Waals surface area contributed by atoms with Gasteiger partial charge in [-0.25, -0.2) is 4.79 Å². The van der Waals surface area contributed by atoms with Gasteiger partial charge in [-0.15, -0.1) is 0 Å². The standard InChI is InChI=1S/C20H12F6N2O3S2/c1-31-18(30)11-8-13(32-19(21,22)23)15(14(9-11)33-20(24,25)26)17(29)28-12-6-2-4-10-5-3-7-27-16(10)12/h2-9H,1H3,(H,28,29). The first-order valence-corrected chi connectivity index (χ1v) is 10.4. The highest BCUT2D eigenvalue weighted by Gasteiger charge is 2.37. The van der Waals surface area contributed by atoms with Gasteiger partial charge in [-0.1, -0.05) is 18.2 Å². The lowest BCUT2D eigenvalue weighted by Crippen LogP contribution is -2.18. The van der Waals surface area contributed by atoms with Crippen molar-refractivity contribution in [3.8, 4) is 0 Å². The fourth-order valence-corrected chi connectivity index (χ4v) is 4.39. The van der Waals surface area contributed by atoms with Crippen LogP contribution in [-0.2, 0) is 4.74 Å². The summed E-state index contributed by atoms with van der Waals surface area (Å²) in [5, 5.41) is 2.93. The molecule has 3 rings (SSSR count). The summed E-state index contributed by atoms with van der Waals surface area (Å²) >= 11 is -1.63. The SMILES string of the molecule is COC(=O)c1cc(SC(F)(F)F)c(C(=O)Nc2cccc3cccnc23)c(SC(F)(F)F)c1. The van der Waals surface area contributed by atoms with E-state index in [1.807, 2.05) is 0 Å². The zero-order valence-corrected chi connectivity index (χ0v) is 18.0. The largest absolute Gasteiger partial charge is 0.465 e. The highest BCUT2D eigenvalue weighted by atomic mass is 32.2. The number of halogens is 6. The van der Waals surface area contributed by atoms with Gasteiger partial charge in [0.2, 0.25) is 0 Å². The lowest BCUT2D eigenvalue weighted by molar-refractivity contribution is -0.0334. The summed E-state index contributed by atoms with van der Waals surface area (Å²) in [5.41, 5.74) is -11.0. The minimum atomic E-state index is -4.95. The molecule has 0 aliphatic rings. The predicted molar refractivity (Wildman–Crippen MR) is 111 cm³/mol. The van der Waals surface area contributed by atoms with Crippen molar-refractivity contribution in [2.75, 3.05) is 12.4 Å². The number of hydrogen-bond donors (Lipinski definition) is 1. The van der Waals surface area contributed by atoms with Crippen LogP contribution in [-0.4, -0.2) is 35.0 Å². The van der Waals surface area contributed by atoms with Gasteiger partial charge in [-0.3, -0.25) is 9.78 Å². The van der Waals surface area contributed by atoms with Crippen molar-refractivity contribution >= 4 is 52.0 Å². The first-order chi connectivity index (χ1) is 15.4. The Labute approximate surface area is 190 Å². The quantitative estimate of drug-likeness (QED) is 0.242. The average molecular weight is 506 g/mol. The summed E-state index contributed by atoms with van der Waals surface area (Å²) in [6.07, 6.45) is 1.42. The molecule has 0 aliphatic heterocycles. The van der Waals surface area contributed by atoms with E-state index in [9.17, 15) is 35.9 Å². The number of anilines is 1. The Morgan fingerprint density at radius 3 is 2.06 bits per heavy atom. The van der Waals surface area contributed by atoms with E-state index in [-0.39, 0.29) is 11.2 Å². The number of rotatable bonds is 5. The minimum Gasteiger partial charge on any atom is -0.465 e. The Morgan fingerprint density at radius 1 is 0.939 bits per heavy atom. The molecule has 5 nitrogen and oxygen atoms in total. The fourth-order valence-electron chi connectivity index (χ4n) is 2.85. The molecule has 0 spiro atoms. The Morgan fingerprint density at radius 2 is 1.52 bits per heavy atom. The number of nitrogens with zero attached hydrogens (tertiary/aromatic N) is 1. The Kier molecular flexibility index (Phi) is 7.12. The molecule has 33 heavy (non-hydrogen) atoms. The molecule has 1 N–H and O–H groups in total. The molecule has 1 heterocycles. The molecule has 0 radical (unpaired) electrons. The molecule has 0 fully saturated rings. The number of nitrogens with one attached hydrogen (secondary N) is 1. The number of ether oxygens (including phenoxy) is 1. The highest BCUT2D eigenvalue weighted by Crippen LogP contribution is 2.45. The Bertz CT molecular complexity index is 1170. The summed E-state index contributed by atoms with van der Waals surface area (Å²) < 4.78 is 83.5. The van der Waals surface area contributed by atoms with Gasteiger partial charge in [0.05, 0.1) is 29.4 Å². The van der Waals surface area contributed by atoms with Gasteiger partial charge in [0.15, 0.2) is 0 Å². The van der Waals surface area contributed by atoms with Gasteiger partial charge >= 0.3 is 17.0 Å². The van der Waals surface area contributed by atoms with Crippen LogP contribution in [0.2, 0.25) is 0 Å². The number of thioether (sulfide) groups is 2. The molecule has 0 aliphatic carbocycles. The van der Waals surface area contributed by atoms with Crippen LogP contribution in [0.1, 0.15) is 20.7 Å². The number of esters is 1. The van der Waals surface area contributed by atoms with Gasteiger partial charge in [0, 0.05) is 21.4 Å². The maximum atomic E-state index is 13.2. The van der Waals surface area contributed by atoms with E-state index in [1.165, 1.54) is 18.3 Å². The number of hydrogen-bond acceptors (Lipinski definition) is 6. The smallest absolute Gasteiger partial charge is 0.446 e. The van der Waals surface area contributed by atoms with Gasteiger partial charge < -0.3 is 10.1 Å². The number of para-hydroxylation sites is 1. The maximum Gasteiger partial charge on any atom is 0.446 e. The van der Waals surface area contributed by atoms with Crippen LogP contribution in [0, 0.1) is 0 Å². The topological polar surface area (TPSA) is 68.3 Å². The molecule has 1 aromatic heterocycles. The highest BCUT2D eigenvalue weighted by molar-refractivity contribution is 8.01. The molecule has 3 aromatic rings. The molecule has 0 atom stereocenters. The second-order valence-electron chi connectivity index (χ2n) is 6.27. The monoisotopic (exact) mass is 506 g/mol. The van der Waals surface area contributed by atoms with E-state index in [0.29, 0.717) is 17.5 Å². The van der Waals surface area contributed by atoms with Crippen LogP contribution in [0.25, 0.3) is 10.9 Å². The number of amides is 1. The number of carbonyl (C=O) groups excluding carboxylic acids is 2. The Hall–Kier alpha value is -2.93. The second kappa shape index (κ2) is 9.51. The molecular formula is C20H12F6N2O3S2. The van der Waals surface area contributed by atoms with Crippen molar-refractivity contribution in [2.45, 2.75) is 20.8 Å². The third-order valence-electron chi connectivity index (χ3n) is 4.05. The molecule has 13 heteroatoms. The van der Waals surface area contributed by atoms with Crippen LogP contribution in [0.15, 0.2) is 58.5 Å². The zero-order valence-electron chi connectivity index (χ0n) is 16.4. The fraction of sp³-hybridized carbons (Fsp3) is 0.150. The summed E-state index contributed by atoms with van der Waals surface area (Å²) in [7, 11) is 0.920. The van der Waals surface area contributed by atoms with E-state index in [1.54, 1.807) is 18.2 Å². The Balaban J connectivity index is 2.17. The van der Waals surface area contributed by atoms with Crippen molar-refractivity contribution in [3.05, 3.63) is 59.8 Å². The van der Waals surface area contributed by atoms with Crippen molar-refractivity contribution in [1.29, 1.82) is 0 Å². The zero-order chi connectivity index (χ0) is 24.4. The van der Waals surface area contributed by atoms with Crippen LogP contribution in [0.4, 0.5) is 32.0 Å². The van der Waals surface area contributed by atoms with E-state index in [2.05, 4.69) is 15.0 Å². The van der Waals surface area contributed by atoms with E-state index < -0.39 is 67.3 Å². The van der Waals surface area contributed by atoms with Crippen LogP contribution >= 0.6 is 23.5 Å². The number of methoxy groups -OCH3 is 1. The van der Waals surface area contributed by atoms with E-state index >= 15 is 0 Å². The average Bonchev–Trinajstić information content (AvgIpc) is 2.70. The van der Waals surface area contributed by atoms with Crippen LogP contribution in [0.3, 0.4) is 0 Å².